The molecular formula is C22H18N4O7S2. The highest BCUT2D eigenvalue weighted by atomic mass is 32.2. The molecule has 180 valence electrons. The highest BCUT2D eigenvalue weighted by Gasteiger charge is 2.16. The molecule has 0 spiro atoms. The molecule has 4 aromatic carbocycles. The van der Waals surface area contributed by atoms with Crippen molar-refractivity contribution in [3.05, 3.63) is 72.8 Å². The molecule has 0 aliphatic carbocycles. The Bertz CT molecular complexity index is 1700. The van der Waals surface area contributed by atoms with E-state index in [2.05, 4.69) is 15.5 Å². The number of nitrogens with one attached hydrogen (secondary N) is 1. The molecule has 4 aromatic rings. The molecule has 0 unspecified atom stereocenters. The molecule has 0 aromatic heterocycles. The number of nitrogens with two attached hydrogens (primary N) is 1. The first kappa shape index (κ1) is 24.1. The second kappa shape index (κ2) is 8.96. The van der Waals surface area contributed by atoms with Gasteiger partial charge in [-0.2, -0.15) is 16.8 Å². The fourth-order valence-electron chi connectivity index (χ4n) is 3.29. The van der Waals surface area contributed by atoms with Gasteiger partial charge in [-0.1, -0.05) is 12.1 Å². The average molecular weight is 515 g/mol. The Kier molecular flexibility index (Phi) is 6.17. The van der Waals surface area contributed by atoms with Gasteiger partial charge in [0.2, 0.25) is 0 Å². The zero-order valence-electron chi connectivity index (χ0n) is 17.7. The summed E-state index contributed by atoms with van der Waals surface area (Å²) in [5.74, 6) is -0.213. The minimum Gasteiger partial charge on any atom is -0.505 e. The summed E-state index contributed by atoms with van der Waals surface area (Å²) in [7, 11) is -8.94. The number of anilines is 3. The van der Waals surface area contributed by atoms with E-state index < -0.39 is 25.1 Å². The van der Waals surface area contributed by atoms with E-state index in [1.54, 1.807) is 30.3 Å². The topological polar surface area (TPSA) is 192 Å². The molecule has 11 nitrogen and oxygen atoms in total. The first-order valence-corrected chi connectivity index (χ1v) is 12.7. The number of phenols is 1. The second-order valence-electron chi connectivity index (χ2n) is 7.40. The number of benzene rings is 4. The first-order chi connectivity index (χ1) is 16.4. The van der Waals surface area contributed by atoms with Crippen LogP contribution in [0.1, 0.15) is 0 Å². The molecule has 0 atom stereocenters. The third kappa shape index (κ3) is 5.38. The first-order valence-electron chi connectivity index (χ1n) is 9.81. The summed E-state index contributed by atoms with van der Waals surface area (Å²) in [5.41, 5.74) is 6.58. The predicted molar refractivity (Wildman–Crippen MR) is 130 cm³/mol. The van der Waals surface area contributed by atoms with Crippen LogP contribution in [0.15, 0.2) is 92.8 Å². The van der Waals surface area contributed by atoms with E-state index >= 15 is 0 Å². The summed E-state index contributed by atoms with van der Waals surface area (Å²) in [5, 5.41) is 22.5. The van der Waals surface area contributed by atoms with Crippen LogP contribution in [0.4, 0.5) is 28.4 Å². The van der Waals surface area contributed by atoms with E-state index in [9.17, 15) is 31.0 Å². The van der Waals surface area contributed by atoms with Crippen molar-refractivity contribution in [2.24, 2.45) is 10.2 Å². The lowest BCUT2D eigenvalue weighted by Crippen LogP contribution is -1.99. The van der Waals surface area contributed by atoms with Gasteiger partial charge in [-0.05, 0) is 66.0 Å². The lowest BCUT2D eigenvalue weighted by Gasteiger charge is -2.10. The highest BCUT2D eigenvalue weighted by Crippen LogP contribution is 2.38. The maximum atomic E-state index is 11.6. The van der Waals surface area contributed by atoms with Crippen LogP contribution in [-0.2, 0) is 20.2 Å². The number of rotatable bonds is 6. The number of nitrogen functional groups attached to an aromatic ring is 1. The molecule has 0 amide bonds. The molecule has 0 aliphatic rings. The van der Waals surface area contributed by atoms with E-state index in [0.29, 0.717) is 22.1 Å². The Labute approximate surface area is 200 Å². The van der Waals surface area contributed by atoms with E-state index in [0.717, 1.165) is 6.07 Å². The number of azo groups is 1. The van der Waals surface area contributed by atoms with Crippen molar-refractivity contribution in [2.45, 2.75) is 9.79 Å². The summed E-state index contributed by atoms with van der Waals surface area (Å²) in [6, 6.07) is 17.4. The standard InChI is InChI=1S/C22H18N4O7S2/c23-14-5-9-19(21(11-14)35(31,32)33)25-26-20-8-4-13-10-16(6-7-18(13)22(20)27)24-15-2-1-3-17(12-15)34(28,29)30/h1-12,24,27H,23H2,(H,28,29,30)(H,31,32,33). The second-order valence-corrected chi connectivity index (χ2v) is 10.2. The van der Waals surface area contributed by atoms with Gasteiger partial charge in [-0.15, -0.1) is 10.2 Å². The van der Waals surface area contributed by atoms with Gasteiger partial charge in [0.05, 0.1) is 4.90 Å². The van der Waals surface area contributed by atoms with E-state index in [-0.39, 0.29) is 27.7 Å². The van der Waals surface area contributed by atoms with Crippen molar-refractivity contribution in [3.8, 4) is 5.75 Å². The van der Waals surface area contributed by atoms with Crippen LogP contribution in [0.25, 0.3) is 10.8 Å². The van der Waals surface area contributed by atoms with Crippen LogP contribution < -0.4 is 11.1 Å². The van der Waals surface area contributed by atoms with Gasteiger partial charge in [-0.3, -0.25) is 9.11 Å². The number of hydrogen-bond acceptors (Lipinski definition) is 9. The number of hydrogen-bond donors (Lipinski definition) is 5. The zero-order valence-corrected chi connectivity index (χ0v) is 19.3. The van der Waals surface area contributed by atoms with Crippen LogP contribution in [0.5, 0.6) is 5.75 Å². The summed E-state index contributed by atoms with van der Waals surface area (Å²) in [6.07, 6.45) is 0. The SMILES string of the molecule is Nc1ccc(N=Nc2ccc3cc(Nc4cccc(S(=O)(=O)O)c4)ccc3c2O)c(S(=O)(=O)O)c1. The third-order valence-corrected chi connectivity index (χ3v) is 6.65. The maximum Gasteiger partial charge on any atom is 0.296 e. The van der Waals surface area contributed by atoms with Crippen LogP contribution in [0.2, 0.25) is 0 Å². The Morgan fingerprint density at radius 3 is 2.14 bits per heavy atom. The molecule has 0 radical (unpaired) electrons. The lowest BCUT2D eigenvalue weighted by atomic mass is 10.1. The summed E-state index contributed by atoms with van der Waals surface area (Å²) in [4.78, 5) is -0.774. The number of aromatic hydroxyl groups is 1. The summed E-state index contributed by atoms with van der Waals surface area (Å²) < 4.78 is 64.5. The van der Waals surface area contributed by atoms with Crippen LogP contribution in [-0.4, -0.2) is 31.0 Å². The molecule has 35 heavy (non-hydrogen) atoms. The van der Waals surface area contributed by atoms with E-state index in [4.69, 9.17) is 5.73 Å². The summed E-state index contributed by atoms with van der Waals surface area (Å²) >= 11 is 0. The fraction of sp³-hybridized carbons (Fsp3) is 0. The molecule has 0 saturated heterocycles. The highest BCUT2D eigenvalue weighted by molar-refractivity contribution is 7.86. The molecule has 0 fully saturated rings. The van der Waals surface area contributed by atoms with Crippen molar-refractivity contribution in [2.75, 3.05) is 11.1 Å². The van der Waals surface area contributed by atoms with Gasteiger partial charge >= 0.3 is 0 Å². The molecule has 13 heteroatoms. The molecule has 0 aliphatic heterocycles. The smallest absolute Gasteiger partial charge is 0.296 e. The Balaban J connectivity index is 1.65. The summed E-state index contributed by atoms with van der Waals surface area (Å²) in [6.45, 7) is 0. The van der Waals surface area contributed by atoms with Crippen molar-refractivity contribution in [3.63, 3.8) is 0 Å². The molecule has 6 N–H and O–H groups in total. The van der Waals surface area contributed by atoms with Gasteiger partial charge in [0.25, 0.3) is 20.2 Å². The van der Waals surface area contributed by atoms with E-state index in [1.807, 2.05) is 0 Å². The van der Waals surface area contributed by atoms with Gasteiger partial charge in [-0.25, -0.2) is 0 Å². The Morgan fingerprint density at radius 2 is 1.43 bits per heavy atom. The fourth-order valence-corrected chi connectivity index (χ4v) is 4.47. The molecule has 0 bridgehead atoms. The minimum atomic E-state index is -4.60. The maximum absolute atomic E-state index is 11.6. The normalized spacial score (nSPS) is 12.3. The van der Waals surface area contributed by atoms with Crippen molar-refractivity contribution in [1.29, 1.82) is 0 Å². The van der Waals surface area contributed by atoms with Crippen molar-refractivity contribution < 1.29 is 31.0 Å². The van der Waals surface area contributed by atoms with Gasteiger partial charge < -0.3 is 16.2 Å². The van der Waals surface area contributed by atoms with Crippen LogP contribution in [0, 0.1) is 0 Å². The van der Waals surface area contributed by atoms with Gasteiger partial charge in [0.15, 0.2) is 5.75 Å². The van der Waals surface area contributed by atoms with Gasteiger partial charge in [0, 0.05) is 22.4 Å². The zero-order chi connectivity index (χ0) is 25.4. The van der Waals surface area contributed by atoms with Gasteiger partial charge in [0.1, 0.15) is 16.3 Å². The molecule has 4 rings (SSSR count). The number of nitrogens with zero attached hydrogens (tertiary/aromatic N) is 2. The molecular weight excluding hydrogens is 496 g/mol. The largest absolute Gasteiger partial charge is 0.505 e. The monoisotopic (exact) mass is 514 g/mol. The van der Waals surface area contributed by atoms with Crippen molar-refractivity contribution >= 4 is 59.4 Å². The predicted octanol–water partition coefficient (Wildman–Crippen LogP) is 4.78. The van der Waals surface area contributed by atoms with E-state index in [1.165, 1.54) is 36.4 Å². The lowest BCUT2D eigenvalue weighted by molar-refractivity contribution is 0.481. The molecule has 0 heterocycles. The number of fused-ring (bicyclic) bond motifs is 1. The third-order valence-electron chi connectivity index (χ3n) is 4.92. The average Bonchev–Trinajstić information content (AvgIpc) is 2.78. The van der Waals surface area contributed by atoms with Crippen LogP contribution >= 0.6 is 0 Å². The Morgan fingerprint density at radius 1 is 0.743 bits per heavy atom. The minimum absolute atomic E-state index is 0.0529. The Hall–Kier alpha value is -4.04. The van der Waals surface area contributed by atoms with Crippen molar-refractivity contribution in [1.82, 2.24) is 0 Å². The van der Waals surface area contributed by atoms with Crippen LogP contribution in [0.3, 0.4) is 0 Å². The number of phenolic OH excluding ortho intramolecular Hbond substituents is 1. The molecule has 0 saturated carbocycles. The quantitative estimate of drug-likeness (QED) is 0.137.